The molecule has 19 heavy (non-hydrogen) atoms. The number of rotatable bonds is 5. The normalized spacial score (nSPS) is 12.9. The molecule has 2 rings (SSSR count). The lowest BCUT2D eigenvalue weighted by Crippen LogP contribution is -2.17. The molecule has 0 aliphatic carbocycles. The lowest BCUT2D eigenvalue weighted by molar-refractivity contribution is 0.527. The summed E-state index contributed by atoms with van der Waals surface area (Å²) in [6.45, 7) is 8.90. The standard InChI is InChI=1S/C17H24N2/c1-12(2)9-10-14(4)18-17-13(3)11-15-7-5-6-8-16(15)19-17/h5-8,11-12,14H,9-10H2,1-4H3,(H,18,19). The Morgan fingerprint density at radius 1 is 1.11 bits per heavy atom. The minimum absolute atomic E-state index is 0.467. The average molecular weight is 256 g/mol. The SMILES string of the molecule is Cc1cc2ccccc2nc1NC(C)CCC(C)C. The van der Waals surface area contributed by atoms with Crippen LogP contribution in [-0.2, 0) is 0 Å². The van der Waals surface area contributed by atoms with E-state index in [0.717, 1.165) is 17.3 Å². The van der Waals surface area contributed by atoms with Gasteiger partial charge >= 0.3 is 0 Å². The van der Waals surface area contributed by atoms with E-state index in [1.807, 2.05) is 6.07 Å². The van der Waals surface area contributed by atoms with Crippen molar-refractivity contribution in [3.05, 3.63) is 35.9 Å². The van der Waals surface area contributed by atoms with Crippen LogP contribution in [0.25, 0.3) is 10.9 Å². The van der Waals surface area contributed by atoms with Gasteiger partial charge in [-0.15, -0.1) is 0 Å². The van der Waals surface area contributed by atoms with E-state index >= 15 is 0 Å². The van der Waals surface area contributed by atoms with E-state index in [2.05, 4.69) is 57.3 Å². The number of para-hydroxylation sites is 1. The van der Waals surface area contributed by atoms with Crippen molar-refractivity contribution < 1.29 is 0 Å². The molecule has 0 aliphatic rings. The first-order valence-electron chi connectivity index (χ1n) is 7.19. The zero-order valence-corrected chi connectivity index (χ0v) is 12.4. The van der Waals surface area contributed by atoms with Crippen LogP contribution in [0, 0.1) is 12.8 Å². The highest BCUT2D eigenvalue weighted by Crippen LogP contribution is 2.21. The van der Waals surface area contributed by atoms with Gasteiger partial charge in [0.2, 0.25) is 0 Å². The second-order valence-corrected chi connectivity index (χ2v) is 5.86. The number of aromatic nitrogens is 1. The fraction of sp³-hybridized carbons (Fsp3) is 0.471. The van der Waals surface area contributed by atoms with Crippen molar-refractivity contribution in [2.45, 2.75) is 46.6 Å². The van der Waals surface area contributed by atoms with Crippen LogP contribution in [0.5, 0.6) is 0 Å². The summed E-state index contributed by atoms with van der Waals surface area (Å²) in [7, 11) is 0. The summed E-state index contributed by atoms with van der Waals surface area (Å²) in [6.07, 6.45) is 2.44. The summed E-state index contributed by atoms with van der Waals surface area (Å²) in [5, 5.41) is 4.76. The highest BCUT2D eigenvalue weighted by Gasteiger charge is 2.08. The molecule has 0 saturated heterocycles. The first kappa shape index (κ1) is 13.9. The van der Waals surface area contributed by atoms with E-state index in [4.69, 9.17) is 4.98 Å². The van der Waals surface area contributed by atoms with Crippen molar-refractivity contribution in [3.63, 3.8) is 0 Å². The molecule has 2 aromatic rings. The Labute approximate surface area is 116 Å². The van der Waals surface area contributed by atoms with Gasteiger partial charge in [0.25, 0.3) is 0 Å². The second kappa shape index (κ2) is 6.05. The van der Waals surface area contributed by atoms with E-state index in [0.29, 0.717) is 6.04 Å². The first-order valence-corrected chi connectivity index (χ1v) is 7.19. The zero-order valence-electron chi connectivity index (χ0n) is 12.4. The number of anilines is 1. The fourth-order valence-electron chi connectivity index (χ4n) is 2.26. The third-order valence-electron chi connectivity index (χ3n) is 3.47. The number of benzene rings is 1. The number of fused-ring (bicyclic) bond motifs is 1. The molecule has 1 aromatic carbocycles. The summed E-state index contributed by atoms with van der Waals surface area (Å²) in [4.78, 5) is 4.73. The molecule has 1 aromatic heterocycles. The maximum atomic E-state index is 4.73. The molecule has 1 heterocycles. The van der Waals surface area contributed by atoms with Gasteiger partial charge in [0.15, 0.2) is 0 Å². The van der Waals surface area contributed by atoms with Crippen molar-refractivity contribution in [1.29, 1.82) is 0 Å². The van der Waals surface area contributed by atoms with Crippen molar-refractivity contribution in [1.82, 2.24) is 4.98 Å². The maximum absolute atomic E-state index is 4.73. The van der Waals surface area contributed by atoms with Crippen LogP contribution < -0.4 is 5.32 Å². The largest absolute Gasteiger partial charge is 0.367 e. The zero-order chi connectivity index (χ0) is 13.8. The Morgan fingerprint density at radius 2 is 1.84 bits per heavy atom. The number of nitrogens with zero attached hydrogens (tertiary/aromatic N) is 1. The van der Waals surface area contributed by atoms with Crippen LogP contribution in [-0.4, -0.2) is 11.0 Å². The Hall–Kier alpha value is -1.57. The number of pyridine rings is 1. The molecule has 2 heteroatoms. The molecule has 0 amide bonds. The predicted molar refractivity (Wildman–Crippen MR) is 83.6 cm³/mol. The molecular formula is C17H24N2. The van der Waals surface area contributed by atoms with Crippen LogP contribution >= 0.6 is 0 Å². The van der Waals surface area contributed by atoms with Crippen molar-refractivity contribution in [3.8, 4) is 0 Å². The molecule has 0 aliphatic heterocycles. The summed E-state index contributed by atoms with van der Waals surface area (Å²) >= 11 is 0. The molecule has 1 atom stereocenters. The summed E-state index contributed by atoms with van der Waals surface area (Å²) in [5.41, 5.74) is 2.28. The first-order chi connectivity index (χ1) is 9.06. The molecule has 0 saturated carbocycles. The van der Waals surface area contributed by atoms with Gasteiger partial charge in [0.05, 0.1) is 5.52 Å². The second-order valence-electron chi connectivity index (χ2n) is 5.86. The topological polar surface area (TPSA) is 24.9 Å². The Bertz CT molecular complexity index is 546. The average Bonchev–Trinajstić information content (AvgIpc) is 2.37. The smallest absolute Gasteiger partial charge is 0.129 e. The maximum Gasteiger partial charge on any atom is 0.129 e. The third-order valence-corrected chi connectivity index (χ3v) is 3.47. The van der Waals surface area contributed by atoms with E-state index < -0.39 is 0 Å². The van der Waals surface area contributed by atoms with Crippen LogP contribution in [0.3, 0.4) is 0 Å². The summed E-state index contributed by atoms with van der Waals surface area (Å²) < 4.78 is 0. The molecule has 0 fully saturated rings. The Morgan fingerprint density at radius 3 is 2.58 bits per heavy atom. The van der Waals surface area contributed by atoms with E-state index in [9.17, 15) is 0 Å². The van der Waals surface area contributed by atoms with Gasteiger partial charge in [-0.1, -0.05) is 32.0 Å². The van der Waals surface area contributed by atoms with Gasteiger partial charge in [-0.25, -0.2) is 4.98 Å². The van der Waals surface area contributed by atoms with Gasteiger partial charge < -0.3 is 5.32 Å². The highest BCUT2D eigenvalue weighted by molar-refractivity contribution is 5.81. The Balaban J connectivity index is 2.13. The van der Waals surface area contributed by atoms with Gasteiger partial charge in [0.1, 0.15) is 5.82 Å². The molecule has 2 nitrogen and oxygen atoms in total. The molecule has 0 radical (unpaired) electrons. The van der Waals surface area contributed by atoms with Gasteiger partial charge in [0, 0.05) is 11.4 Å². The molecule has 1 unspecified atom stereocenters. The summed E-state index contributed by atoms with van der Waals surface area (Å²) in [6, 6.07) is 11.0. The third kappa shape index (κ3) is 3.69. The number of hydrogen-bond acceptors (Lipinski definition) is 2. The number of aryl methyl sites for hydroxylation is 1. The molecule has 102 valence electrons. The van der Waals surface area contributed by atoms with Crippen LogP contribution in [0.2, 0.25) is 0 Å². The van der Waals surface area contributed by atoms with Gasteiger partial charge in [-0.05, 0) is 50.3 Å². The number of hydrogen-bond donors (Lipinski definition) is 1. The minimum Gasteiger partial charge on any atom is -0.367 e. The lowest BCUT2D eigenvalue weighted by atomic mass is 10.0. The van der Waals surface area contributed by atoms with E-state index in [-0.39, 0.29) is 0 Å². The number of nitrogens with one attached hydrogen (secondary N) is 1. The molecule has 1 N–H and O–H groups in total. The Kier molecular flexibility index (Phi) is 4.41. The molecule has 0 spiro atoms. The van der Waals surface area contributed by atoms with Gasteiger partial charge in [-0.3, -0.25) is 0 Å². The molecular weight excluding hydrogens is 232 g/mol. The lowest BCUT2D eigenvalue weighted by Gasteiger charge is -2.17. The van der Waals surface area contributed by atoms with Crippen LogP contribution in [0.15, 0.2) is 30.3 Å². The predicted octanol–water partition coefficient (Wildman–Crippen LogP) is 4.78. The monoisotopic (exact) mass is 256 g/mol. The quantitative estimate of drug-likeness (QED) is 0.832. The van der Waals surface area contributed by atoms with Crippen molar-refractivity contribution >= 4 is 16.7 Å². The minimum atomic E-state index is 0.467. The fourth-order valence-corrected chi connectivity index (χ4v) is 2.26. The van der Waals surface area contributed by atoms with Crippen LogP contribution in [0.4, 0.5) is 5.82 Å². The van der Waals surface area contributed by atoms with Gasteiger partial charge in [-0.2, -0.15) is 0 Å². The molecule has 0 bridgehead atoms. The van der Waals surface area contributed by atoms with Crippen molar-refractivity contribution in [2.24, 2.45) is 5.92 Å². The van der Waals surface area contributed by atoms with E-state index in [1.165, 1.54) is 23.8 Å². The van der Waals surface area contributed by atoms with E-state index in [1.54, 1.807) is 0 Å². The summed E-state index contributed by atoms with van der Waals surface area (Å²) in [5.74, 6) is 1.78. The van der Waals surface area contributed by atoms with Crippen LogP contribution in [0.1, 0.15) is 39.2 Å². The van der Waals surface area contributed by atoms with Crippen molar-refractivity contribution in [2.75, 3.05) is 5.32 Å². The highest BCUT2D eigenvalue weighted by atomic mass is 15.0.